The van der Waals surface area contributed by atoms with Crippen molar-refractivity contribution in [1.82, 2.24) is 0 Å². The van der Waals surface area contributed by atoms with Crippen molar-refractivity contribution in [1.29, 1.82) is 0 Å². The molecule has 4 heteroatoms. The first kappa shape index (κ1) is 16.6. The molecule has 0 heterocycles. The van der Waals surface area contributed by atoms with Crippen LogP contribution in [0.5, 0.6) is 0 Å². The van der Waals surface area contributed by atoms with Crippen LogP contribution in [0.15, 0.2) is 11.6 Å². The number of aliphatic carboxylic acids is 1. The van der Waals surface area contributed by atoms with E-state index >= 15 is 0 Å². The van der Waals surface area contributed by atoms with E-state index in [0.29, 0.717) is 24.2 Å². The Morgan fingerprint density at radius 3 is 2.67 bits per heavy atom. The van der Waals surface area contributed by atoms with Crippen molar-refractivity contribution in [2.24, 2.45) is 34.5 Å². The first-order valence-corrected chi connectivity index (χ1v) is 9.83. The Hall–Kier alpha value is -0.830. The number of carboxylic acid groups (broad SMARTS) is 1. The summed E-state index contributed by atoms with van der Waals surface area (Å²) in [6, 6.07) is 0. The van der Waals surface area contributed by atoms with Crippen LogP contribution >= 0.6 is 11.6 Å². The summed E-state index contributed by atoms with van der Waals surface area (Å²) < 4.78 is 0. The lowest BCUT2D eigenvalue weighted by atomic mass is 9.46. The normalized spacial score (nSPS) is 50.5. The van der Waals surface area contributed by atoms with Crippen LogP contribution in [-0.2, 0) is 9.59 Å². The fraction of sp³-hybridized carbons (Fsp3) is 0.800. The van der Waals surface area contributed by atoms with Crippen LogP contribution in [0.25, 0.3) is 0 Å². The molecule has 0 bridgehead atoms. The van der Waals surface area contributed by atoms with Gasteiger partial charge in [0.15, 0.2) is 5.78 Å². The summed E-state index contributed by atoms with van der Waals surface area (Å²) in [4.78, 5) is 23.7. The van der Waals surface area contributed by atoms with Gasteiger partial charge in [-0.15, -0.1) is 11.6 Å². The number of carboxylic acids is 1. The number of hydrogen-bond acceptors (Lipinski definition) is 2. The monoisotopic (exact) mass is 350 g/mol. The summed E-state index contributed by atoms with van der Waals surface area (Å²) in [5.41, 5.74) is 1.12. The SMILES string of the molecule is C[C@]12CC[C@@H]3[C@@H](CCC4=CC(=O)CC(Cl)[C@@]43C)[C@@H]1CCC2C(=O)O. The van der Waals surface area contributed by atoms with Gasteiger partial charge in [0.2, 0.25) is 0 Å². The molecule has 4 aliphatic carbocycles. The van der Waals surface area contributed by atoms with Gasteiger partial charge in [-0.25, -0.2) is 0 Å². The van der Waals surface area contributed by atoms with Crippen LogP contribution in [0, 0.1) is 34.5 Å². The predicted molar refractivity (Wildman–Crippen MR) is 92.9 cm³/mol. The molecule has 0 amide bonds. The highest BCUT2D eigenvalue weighted by Crippen LogP contribution is 2.67. The second-order valence-corrected chi connectivity index (χ2v) is 9.55. The van der Waals surface area contributed by atoms with E-state index in [9.17, 15) is 14.7 Å². The maximum Gasteiger partial charge on any atom is 0.307 e. The van der Waals surface area contributed by atoms with Crippen molar-refractivity contribution in [3.63, 3.8) is 0 Å². The maximum atomic E-state index is 12.0. The van der Waals surface area contributed by atoms with Gasteiger partial charge in [0.25, 0.3) is 0 Å². The maximum absolute atomic E-state index is 12.0. The van der Waals surface area contributed by atoms with Gasteiger partial charge in [-0.2, -0.15) is 0 Å². The van der Waals surface area contributed by atoms with Crippen LogP contribution in [0.2, 0.25) is 0 Å². The van der Waals surface area contributed by atoms with Crippen molar-refractivity contribution in [2.45, 2.75) is 64.2 Å². The molecule has 0 aromatic rings. The van der Waals surface area contributed by atoms with Crippen molar-refractivity contribution in [3.8, 4) is 0 Å². The van der Waals surface area contributed by atoms with Crippen LogP contribution in [0.1, 0.15) is 58.8 Å². The Morgan fingerprint density at radius 1 is 1.21 bits per heavy atom. The molecule has 3 saturated carbocycles. The van der Waals surface area contributed by atoms with Gasteiger partial charge >= 0.3 is 5.97 Å². The number of carbonyl (C=O) groups is 2. The van der Waals surface area contributed by atoms with E-state index in [2.05, 4.69) is 13.8 Å². The molecule has 7 atom stereocenters. The molecule has 24 heavy (non-hydrogen) atoms. The fourth-order valence-electron chi connectivity index (χ4n) is 6.97. The number of carbonyl (C=O) groups excluding carboxylic acids is 1. The van der Waals surface area contributed by atoms with Gasteiger partial charge in [0.05, 0.1) is 11.3 Å². The van der Waals surface area contributed by atoms with Crippen molar-refractivity contribution in [2.75, 3.05) is 0 Å². The molecule has 4 aliphatic rings. The topological polar surface area (TPSA) is 54.4 Å². The lowest BCUT2D eigenvalue weighted by Gasteiger charge is -2.59. The zero-order valence-corrected chi connectivity index (χ0v) is 15.3. The zero-order chi connectivity index (χ0) is 17.3. The first-order chi connectivity index (χ1) is 11.3. The second kappa shape index (κ2) is 5.33. The second-order valence-electron chi connectivity index (χ2n) is 9.02. The molecule has 0 saturated heterocycles. The molecule has 0 spiro atoms. The highest BCUT2D eigenvalue weighted by atomic mass is 35.5. The molecule has 1 N–H and O–H groups in total. The average molecular weight is 351 g/mol. The number of halogens is 1. The summed E-state index contributed by atoms with van der Waals surface area (Å²) in [6.45, 7) is 4.49. The number of alkyl halides is 1. The molecule has 132 valence electrons. The first-order valence-electron chi connectivity index (χ1n) is 9.39. The molecule has 4 rings (SSSR count). The third kappa shape index (κ3) is 2.03. The Balaban J connectivity index is 1.70. The van der Waals surface area contributed by atoms with Gasteiger partial charge in [-0.1, -0.05) is 19.4 Å². The summed E-state index contributed by atoms with van der Waals surface area (Å²) in [5.74, 6) is 0.932. The summed E-state index contributed by atoms with van der Waals surface area (Å²) in [7, 11) is 0. The van der Waals surface area contributed by atoms with E-state index in [4.69, 9.17) is 11.6 Å². The van der Waals surface area contributed by atoms with E-state index in [1.807, 2.05) is 6.08 Å². The standard InChI is InChI=1S/C20H27ClO3/c1-19-8-7-15-13(14(19)5-6-16(19)18(23)24)4-3-11-9-12(22)10-17(21)20(11,15)2/h9,13-17H,3-8,10H2,1-2H3,(H,23,24)/t13-,14-,15+,16?,17?,19-,20-/m0/s1. The van der Waals surface area contributed by atoms with E-state index in [-0.39, 0.29) is 27.9 Å². The molecule has 0 aliphatic heterocycles. The largest absolute Gasteiger partial charge is 0.481 e. The summed E-state index contributed by atoms with van der Waals surface area (Å²) >= 11 is 6.75. The quantitative estimate of drug-likeness (QED) is 0.711. The average Bonchev–Trinajstić information content (AvgIpc) is 2.86. The minimum atomic E-state index is -0.612. The third-order valence-corrected chi connectivity index (χ3v) is 8.92. The highest BCUT2D eigenvalue weighted by molar-refractivity contribution is 6.23. The van der Waals surface area contributed by atoms with Crippen molar-refractivity contribution in [3.05, 3.63) is 11.6 Å². The molecule has 0 aromatic heterocycles. The smallest absolute Gasteiger partial charge is 0.307 e. The molecule has 0 radical (unpaired) electrons. The Morgan fingerprint density at radius 2 is 1.96 bits per heavy atom. The van der Waals surface area contributed by atoms with Gasteiger partial charge < -0.3 is 5.11 Å². The van der Waals surface area contributed by atoms with Gasteiger partial charge in [0.1, 0.15) is 0 Å². The van der Waals surface area contributed by atoms with Gasteiger partial charge in [-0.05, 0) is 67.8 Å². The summed E-state index contributed by atoms with van der Waals surface area (Å²) in [5, 5.41) is 9.54. The van der Waals surface area contributed by atoms with Gasteiger partial charge in [-0.3, -0.25) is 9.59 Å². The van der Waals surface area contributed by atoms with Crippen LogP contribution in [-0.4, -0.2) is 22.2 Å². The van der Waals surface area contributed by atoms with Crippen LogP contribution in [0.3, 0.4) is 0 Å². The molecule has 3 nitrogen and oxygen atoms in total. The number of fused-ring (bicyclic) bond motifs is 5. The fourth-order valence-corrected chi connectivity index (χ4v) is 7.43. The Labute approximate surface area is 148 Å². The molecular weight excluding hydrogens is 324 g/mol. The molecular formula is C20H27ClO3. The lowest BCUT2D eigenvalue weighted by Crippen LogP contribution is -2.54. The predicted octanol–water partition coefficient (Wildman–Crippen LogP) is 4.44. The van der Waals surface area contributed by atoms with Crippen LogP contribution in [0.4, 0.5) is 0 Å². The van der Waals surface area contributed by atoms with Crippen LogP contribution < -0.4 is 0 Å². The Kier molecular flexibility index (Phi) is 3.69. The van der Waals surface area contributed by atoms with E-state index in [1.54, 1.807) is 0 Å². The number of ketones is 1. The molecule has 3 fully saturated rings. The van der Waals surface area contributed by atoms with Crippen molar-refractivity contribution >= 4 is 23.4 Å². The van der Waals surface area contributed by atoms with E-state index in [1.165, 1.54) is 5.57 Å². The lowest BCUT2D eigenvalue weighted by molar-refractivity contribution is -0.149. The Bertz CT molecular complexity index is 626. The number of rotatable bonds is 1. The summed E-state index contributed by atoms with van der Waals surface area (Å²) in [6.07, 6.45) is 8.26. The van der Waals surface area contributed by atoms with Gasteiger partial charge in [0, 0.05) is 11.8 Å². The minimum absolute atomic E-state index is 0.0587. The third-order valence-electron chi connectivity index (χ3n) is 8.31. The minimum Gasteiger partial charge on any atom is -0.481 e. The van der Waals surface area contributed by atoms with E-state index < -0.39 is 5.97 Å². The molecule has 2 unspecified atom stereocenters. The zero-order valence-electron chi connectivity index (χ0n) is 14.6. The number of allylic oxidation sites excluding steroid dienone is 1. The van der Waals surface area contributed by atoms with Crippen molar-refractivity contribution < 1.29 is 14.7 Å². The van der Waals surface area contributed by atoms with E-state index in [0.717, 1.165) is 38.5 Å². The number of hydrogen-bond donors (Lipinski definition) is 1. The molecule has 0 aromatic carbocycles. The highest BCUT2D eigenvalue weighted by Gasteiger charge is 2.61.